The molecule has 296 valence electrons. The van der Waals surface area contributed by atoms with Gasteiger partial charge in [-0.25, -0.2) is 4.57 Å². The quantitative estimate of drug-likeness (QED) is 0.0241. The van der Waals surface area contributed by atoms with Gasteiger partial charge in [0, 0.05) is 12.8 Å². The maximum atomic E-state index is 12.6. The van der Waals surface area contributed by atoms with Gasteiger partial charge in [0.2, 0.25) is 0 Å². The predicted octanol–water partition coefficient (Wildman–Crippen LogP) is 9.67. The van der Waals surface area contributed by atoms with E-state index in [1.165, 1.54) is 38.5 Å². The minimum Gasteiger partial charge on any atom is -0.480 e. The van der Waals surface area contributed by atoms with Crippen LogP contribution < -0.4 is 5.73 Å². The molecule has 11 nitrogen and oxygen atoms in total. The summed E-state index contributed by atoms with van der Waals surface area (Å²) in [7, 11) is -4.71. The fourth-order valence-corrected chi connectivity index (χ4v) is 5.73. The number of nitrogens with two attached hydrogens (primary N) is 1. The largest absolute Gasteiger partial charge is 0.480 e. The molecule has 0 aromatic carbocycles. The molecule has 0 aromatic rings. The van der Waals surface area contributed by atoms with E-state index in [4.69, 9.17) is 24.8 Å². The minimum atomic E-state index is -4.71. The zero-order chi connectivity index (χ0) is 37.8. The molecule has 0 radical (unpaired) electrons. The highest BCUT2D eigenvalue weighted by molar-refractivity contribution is 7.47. The number of carbonyl (C=O) groups is 3. The predicted molar refractivity (Wildman–Crippen MR) is 203 cm³/mol. The second kappa shape index (κ2) is 34.8. The number of phosphoric ester groups is 1. The van der Waals surface area contributed by atoms with E-state index in [0.717, 1.165) is 83.5 Å². The van der Waals surface area contributed by atoms with E-state index >= 15 is 0 Å². The zero-order valence-electron chi connectivity index (χ0n) is 31.7. The van der Waals surface area contributed by atoms with Crippen molar-refractivity contribution in [3.63, 3.8) is 0 Å². The number of unbranched alkanes of at least 4 members (excludes halogenated alkanes) is 16. The van der Waals surface area contributed by atoms with Crippen LogP contribution in [0.4, 0.5) is 0 Å². The van der Waals surface area contributed by atoms with Crippen LogP contribution >= 0.6 is 7.82 Å². The first kappa shape index (κ1) is 48.7. The van der Waals surface area contributed by atoms with Crippen molar-refractivity contribution < 1.29 is 47.5 Å². The molecule has 0 fully saturated rings. The first-order valence-corrected chi connectivity index (χ1v) is 21.0. The van der Waals surface area contributed by atoms with Gasteiger partial charge in [0.1, 0.15) is 12.6 Å². The lowest BCUT2D eigenvalue weighted by Gasteiger charge is -2.20. The van der Waals surface area contributed by atoms with Crippen LogP contribution in [0.3, 0.4) is 0 Å². The van der Waals surface area contributed by atoms with E-state index in [9.17, 15) is 23.8 Å². The fourth-order valence-electron chi connectivity index (χ4n) is 4.96. The molecule has 0 saturated carbocycles. The molecule has 51 heavy (non-hydrogen) atoms. The third-order valence-electron chi connectivity index (χ3n) is 8.11. The standard InChI is InChI=1S/C39H70NO10P/c1-3-5-7-9-11-13-15-17-19-21-23-25-27-29-31-38(42)50-35(33-48-51(45,46)49-34-36(40)39(43)44)32-47-37(41)30-28-26-24-22-20-18-16-14-12-10-8-6-4-2/h9,11,14-17,35-36H,3-8,10,12-13,18-34,40H2,1-2H3,(H,43,44)(H,45,46)/b11-9+,16-14+,17-15+/t35-,36+/m1/s1. The van der Waals surface area contributed by atoms with Gasteiger partial charge in [-0.3, -0.25) is 23.4 Å². The first-order valence-electron chi connectivity index (χ1n) is 19.5. The van der Waals surface area contributed by atoms with Gasteiger partial charge < -0.3 is 25.2 Å². The lowest BCUT2D eigenvalue weighted by atomic mass is 10.1. The number of hydrogen-bond acceptors (Lipinski definition) is 9. The Morgan fingerprint density at radius 3 is 1.61 bits per heavy atom. The molecule has 12 heteroatoms. The summed E-state index contributed by atoms with van der Waals surface area (Å²) in [5, 5.41) is 8.86. The van der Waals surface area contributed by atoms with Gasteiger partial charge in [-0.05, 0) is 64.2 Å². The molecule has 4 N–H and O–H groups in total. The number of aliphatic carboxylic acids is 1. The Hall–Kier alpha value is -2.30. The fraction of sp³-hybridized carbons (Fsp3) is 0.769. The number of ether oxygens (including phenoxy) is 2. The highest BCUT2D eigenvalue weighted by Crippen LogP contribution is 2.43. The van der Waals surface area contributed by atoms with Crippen LogP contribution in [0.15, 0.2) is 36.5 Å². The van der Waals surface area contributed by atoms with Crippen molar-refractivity contribution >= 4 is 25.7 Å². The maximum absolute atomic E-state index is 12.6. The third kappa shape index (κ3) is 34.5. The lowest BCUT2D eigenvalue weighted by molar-refractivity contribution is -0.161. The number of rotatable bonds is 36. The van der Waals surface area contributed by atoms with Crippen LogP contribution in [0.2, 0.25) is 0 Å². The monoisotopic (exact) mass is 743 g/mol. The van der Waals surface area contributed by atoms with Crippen molar-refractivity contribution in [1.29, 1.82) is 0 Å². The number of carboxylic acids is 1. The van der Waals surface area contributed by atoms with Crippen molar-refractivity contribution in [3.8, 4) is 0 Å². The topological polar surface area (TPSA) is 172 Å². The summed E-state index contributed by atoms with van der Waals surface area (Å²) in [5.74, 6) is -2.41. The summed E-state index contributed by atoms with van der Waals surface area (Å²) in [6, 6.07) is -1.52. The normalized spacial score (nSPS) is 14.3. The van der Waals surface area contributed by atoms with E-state index < -0.39 is 51.1 Å². The number of carbonyl (C=O) groups excluding carboxylic acids is 2. The Morgan fingerprint density at radius 1 is 0.608 bits per heavy atom. The second-order valence-electron chi connectivity index (χ2n) is 13.1. The molecule has 0 amide bonds. The molecular formula is C39H70NO10P. The van der Waals surface area contributed by atoms with E-state index in [0.29, 0.717) is 12.8 Å². The number of allylic oxidation sites excluding steroid dienone is 6. The van der Waals surface area contributed by atoms with Gasteiger partial charge >= 0.3 is 25.7 Å². The molecule has 0 aliphatic carbocycles. The summed E-state index contributed by atoms with van der Waals surface area (Å²) in [6.45, 7) is 2.70. The number of esters is 2. The minimum absolute atomic E-state index is 0.143. The number of phosphoric acid groups is 1. The molecular weight excluding hydrogens is 673 g/mol. The molecule has 0 aliphatic rings. The lowest BCUT2D eigenvalue weighted by Crippen LogP contribution is -2.34. The molecule has 0 saturated heterocycles. The Morgan fingerprint density at radius 2 is 1.06 bits per heavy atom. The van der Waals surface area contributed by atoms with Crippen molar-refractivity contribution in [3.05, 3.63) is 36.5 Å². The van der Waals surface area contributed by atoms with Gasteiger partial charge in [0.05, 0.1) is 13.2 Å². The number of hydrogen-bond donors (Lipinski definition) is 3. The molecule has 0 heterocycles. The summed E-state index contributed by atoms with van der Waals surface area (Å²) in [4.78, 5) is 45.8. The van der Waals surface area contributed by atoms with Gasteiger partial charge in [-0.15, -0.1) is 0 Å². The summed E-state index contributed by atoms with van der Waals surface area (Å²) >= 11 is 0. The SMILES string of the molecule is CCCC/C=C/C/C=C/CCCCCCCC(=O)O[C@H](COC(=O)CCCCCCC/C=C/CCCCCC)COP(=O)(O)OC[C@H](N)C(=O)O. The Kier molecular flexibility index (Phi) is 33.2. The molecule has 0 aromatic heterocycles. The summed E-state index contributed by atoms with van der Waals surface area (Å²) < 4.78 is 32.5. The van der Waals surface area contributed by atoms with E-state index in [1.807, 2.05) is 0 Å². The van der Waals surface area contributed by atoms with Crippen LogP contribution in [-0.2, 0) is 37.5 Å². The van der Waals surface area contributed by atoms with Crippen LogP contribution in [-0.4, -0.2) is 59.9 Å². The van der Waals surface area contributed by atoms with Gasteiger partial charge in [0.15, 0.2) is 6.10 Å². The molecule has 0 aliphatic heterocycles. The van der Waals surface area contributed by atoms with Crippen LogP contribution in [0.1, 0.15) is 162 Å². The van der Waals surface area contributed by atoms with Gasteiger partial charge in [0.25, 0.3) is 0 Å². The van der Waals surface area contributed by atoms with E-state index in [1.54, 1.807) is 0 Å². The smallest absolute Gasteiger partial charge is 0.472 e. The maximum Gasteiger partial charge on any atom is 0.472 e. The van der Waals surface area contributed by atoms with Crippen LogP contribution in [0, 0.1) is 0 Å². The molecule has 1 unspecified atom stereocenters. The second-order valence-corrected chi connectivity index (χ2v) is 14.5. The van der Waals surface area contributed by atoms with Crippen LogP contribution in [0.25, 0.3) is 0 Å². The van der Waals surface area contributed by atoms with Crippen LogP contribution in [0.5, 0.6) is 0 Å². The van der Waals surface area contributed by atoms with E-state index in [2.05, 4.69) is 54.8 Å². The third-order valence-corrected chi connectivity index (χ3v) is 9.06. The Labute approximate surface area is 308 Å². The van der Waals surface area contributed by atoms with Crippen molar-refractivity contribution in [2.24, 2.45) is 5.73 Å². The molecule has 0 rings (SSSR count). The van der Waals surface area contributed by atoms with Crippen molar-refractivity contribution in [2.45, 2.75) is 174 Å². The highest BCUT2D eigenvalue weighted by atomic mass is 31.2. The summed E-state index contributed by atoms with van der Waals surface area (Å²) in [5.41, 5.74) is 5.31. The zero-order valence-corrected chi connectivity index (χ0v) is 32.6. The molecule has 0 spiro atoms. The first-order chi connectivity index (χ1) is 24.6. The Bertz CT molecular complexity index is 1020. The Balaban J connectivity index is 4.47. The average Bonchev–Trinajstić information content (AvgIpc) is 3.10. The van der Waals surface area contributed by atoms with Crippen molar-refractivity contribution in [1.82, 2.24) is 0 Å². The van der Waals surface area contributed by atoms with Crippen molar-refractivity contribution in [2.75, 3.05) is 19.8 Å². The number of carboxylic acid groups (broad SMARTS) is 1. The van der Waals surface area contributed by atoms with Gasteiger partial charge in [-0.2, -0.15) is 0 Å². The average molecular weight is 744 g/mol. The highest BCUT2D eigenvalue weighted by Gasteiger charge is 2.28. The summed E-state index contributed by atoms with van der Waals surface area (Å²) in [6.07, 6.45) is 35.0. The van der Waals surface area contributed by atoms with E-state index in [-0.39, 0.29) is 19.4 Å². The van der Waals surface area contributed by atoms with Gasteiger partial charge in [-0.1, -0.05) is 121 Å². The molecule has 0 bridgehead atoms. The molecule has 3 atom stereocenters.